The summed E-state index contributed by atoms with van der Waals surface area (Å²) in [5, 5.41) is 8.94. The summed E-state index contributed by atoms with van der Waals surface area (Å²) in [5.41, 5.74) is -0.0479. The minimum atomic E-state index is -1.12. The number of hydrogen-bond acceptors (Lipinski definition) is 3. The number of halogens is 2. The molecule has 7 heteroatoms. The monoisotopic (exact) mass is 315 g/mol. The maximum Gasteiger partial charge on any atom is 0.327 e. The van der Waals surface area contributed by atoms with Crippen LogP contribution in [0.3, 0.4) is 0 Å². The molecule has 4 nitrogen and oxygen atoms in total. The molecule has 1 amide bonds. The van der Waals surface area contributed by atoms with E-state index in [0.717, 1.165) is 12.1 Å². The van der Waals surface area contributed by atoms with Crippen LogP contribution in [0, 0.1) is 17.6 Å². The molecular weight excluding hydrogens is 300 g/mol. The second-order valence-corrected chi connectivity index (χ2v) is 6.31. The number of carboxylic acids is 1. The first kappa shape index (κ1) is 15.8. The fraction of sp³-hybridized carbons (Fsp3) is 0.429. The summed E-state index contributed by atoms with van der Waals surface area (Å²) in [7, 11) is 0. The van der Waals surface area contributed by atoms with Crippen LogP contribution in [0.5, 0.6) is 0 Å². The standard InChI is InChI=1S/C14H15F2NO3S/c1-7(2)13-17(11(6-21-13)14(19)20)12(18)8-3-4-9(15)10(16)5-8/h3-5,7,11,13H,6H2,1-2H3,(H,19,20). The molecule has 0 radical (unpaired) electrons. The minimum Gasteiger partial charge on any atom is -0.480 e. The third-order valence-corrected chi connectivity index (χ3v) is 4.91. The SMILES string of the molecule is CC(C)C1SCC(C(=O)O)N1C(=O)c1ccc(F)c(F)c1. The third-order valence-electron chi connectivity index (χ3n) is 3.29. The van der Waals surface area contributed by atoms with E-state index in [1.54, 1.807) is 0 Å². The molecule has 2 rings (SSSR count). The number of rotatable bonds is 3. The van der Waals surface area contributed by atoms with Crippen molar-refractivity contribution in [3.05, 3.63) is 35.4 Å². The first-order valence-electron chi connectivity index (χ1n) is 6.45. The van der Waals surface area contributed by atoms with E-state index in [4.69, 9.17) is 0 Å². The Morgan fingerprint density at radius 1 is 1.33 bits per heavy atom. The van der Waals surface area contributed by atoms with E-state index in [1.165, 1.54) is 22.7 Å². The van der Waals surface area contributed by atoms with Gasteiger partial charge >= 0.3 is 5.97 Å². The van der Waals surface area contributed by atoms with Crippen molar-refractivity contribution in [1.82, 2.24) is 4.90 Å². The predicted octanol–water partition coefficient (Wildman–Crippen LogP) is 2.59. The van der Waals surface area contributed by atoms with Crippen LogP contribution in [0.4, 0.5) is 8.78 Å². The fourth-order valence-corrected chi connectivity index (χ4v) is 3.74. The zero-order valence-electron chi connectivity index (χ0n) is 11.5. The van der Waals surface area contributed by atoms with Gasteiger partial charge in [0.25, 0.3) is 5.91 Å². The Morgan fingerprint density at radius 2 is 2.00 bits per heavy atom. The van der Waals surface area contributed by atoms with Crippen molar-refractivity contribution in [2.24, 2.45) is 5.92 Å². The zero-order chi connectivity index (χ0) is 15.7. The van der Waals surface area contributed by atoms with Crippen LogP contribution in [0.25, 0.3) is 0 Å². The summed E-state index contributed by atoms with van der Waals surface area (Å²) < 4.78 is 26.2. The Bertz CT molecular complexity index is 579. The van der Waals surface area contributed by atoms with E-state index in [9.17, 15) is 23.5 Å². The molecule has 1 aliphatic rings. The van der Waals surface area contributed by atoms with Gasteiger partial charge < -0.3 is 10.0 Å². The van der Waals surface area contributed by atoms with Crippen molar-refractivity contribution in [2.75, 3.05) is 5.75 Å². The maximum atomic E-state index is 13.3. The lowest BCUT2D eigenvalue weighted by Gasteiger charge is -2.29. The number of carboxylic acid groups (broad SMARTS) is 1. The average molecular weight is 315 g/mol. The fourth-order valence-electron chi connectivity index (χ4n) is 2.27. The van der Waals surface area contributed by atoms with Crippen molar-refractivity contribution in [3.8, 4) is 0 Å². The number of nitrogens with zero attached hydrogens (tertiary/aromatic N) is 1. The molecule has 1 heterocycles. The summed E-state index contributed by atoms with van der Waals surface area (Å²) in [5.74, 6) is -3.52. The number of amides is 1. The molecule has 2 unspecified atom stereocenters. The first-order valence-corrected chi connectivity index (χ1v) is 7.50. The average Bonchev–Trinajstić information content (AvgIpc) is 2.86. The maximum absolute atomic E-state index is 13.3. The molecule has 1 aromatic rings. The molecule has 0 aromatic heterocycles. The lowest BCUT2D eigenvalue weighted by Crippen LogP contribution is -2.47. The topological polar surface area (TPSA) is 57.6 Å². The van der Waals surface area contributed by atoms with Gasteiger partial charge in [0.2, 0.25) is 0 Å². The van der Waals surface area contributed by atoms with Crippen molar-refractivity contribution >= 4 is 23.6 Å². The highest BCUT2D eigenvalue weighted by Gasteiger charge is 2.43. The van der Waals surface area contributed by atoms with E-state index in [1.807, 2.05) is 13.8 Å². The first-order chi connectivity index (χ1) is 9.82. The number of hydrogen-bond donors (Lipinski definition) is 1. The Labute approximate surface area is 125 Å². The molecule has 0 aliphatic carbocycles. The van der Waals surface area contributed by atoms with Crippen LogP contribution in [0.2, 0.25) is 0 Å². The molecule has 2 atom stereocenters. The number of aliphatic carboxylic acids is 1. The highest BCUT2D eigenvalue weighted by molar-refractivity contribution is 8.00. The third kappa shape index (κ3) is 3.02. The molecule has 21 heavy (non-hydrogen) atoms. The van der Waals surface area contributed by atoms with E-state index < -0.39 is 29.6 Å². The summed E-state index contributed by atoms with van der Waals surface area (Å²) in [6.45, 7) is 3.76. The van der Waals surface area contributed by atoms with Gasteiger partial charge in [-0.25, -0.2) is 13.6 Å². The van der Waals surface area contributed by atoms with Crippen LogP contribution < -0.4 is 0 Å². The molecule has 1 saturated heterocycles. The van der Waals surface area contributed by atoms with Crippen LogP contribution in [-0.2, 0) is 4.79 Å². The van der Waals surface area contributed by atoms with Gasteiger partial charge in [-0.1, -0.05) is 13.8 Å². The van der Waals surface area contributed by atoms with Gasteiger partial charge in [-0.2, -0.15) is 0 Å². The van der Waals surface area contributed by atoms with E-state index >= 15 is 0 Å². The van der Waals surface area contributed by atoms with Crippen molar-refractivity contribution in [3.63, 3.8) is 0 Å². The smallest absolute Gasteiger partial charge is 0.327 e. The molecule has 1 N–H and O–H groups in total. The van der Waals surface area contributed by atoms with Gasteiger partial charge in [-0.05, 0) is 24.1 Å². The van der Waals surface area contributed by atoms with Gasteiger partial charge in [-0.15, -0.1) is 11.8 Å². The summed E-state index contributed by atoms with van der Waals surface area (Å²) in [6.07, 6.45) is 0. The van der Waals surface area contributed by atoms with E-state index in [-0.39, 0.29) is 22.6 Å². The summed E-state index contributed by atoms with van der Waals surface area (Å²) >= 11 is 1.38. The molecule has 1 fully saturated rings. The highest BCUT2D eigenvalue weighted by Crippen LogP contribution is 2.35. The lowest BCUT2D eigenvalue weighted by molar-refractivity contribution is -0.141. The van der Waals surface area contributed by atoms with Crippen molar-refractivity contribution in [2.45, 2.75) is 25.3 Å². The van der Waals surface area contributed by atoms with Crippen LogP contribution >= 0.6 is 11.8 Å². The Kier molecular flexibility index (Phi) is 4.51. The Hall–Kier alpha value is -1.63. The second-order valence-electron chi connectivity index (χ2n) is 5.16. The second kappa shape index (κ2) is 6.01. The summed E-state index contributed by atoms with van der Waals surface area (Å²) in [4.78, 5) is 25.1. The lowest BCUT2D eigenvalue weighted by atomic mass is 10.1. The van der Waals surface area contributed by atoms with Gasteiger partial charge in [-0.3, -0.25) is 4.79 Å². The van der Waals surface area contributed by atoms with E-state index in [0.29, 0.717) is 0 Å². The molecule has 1 aliphatic heterocycles. The number of thioether (sulfide) groups is 1. The van der Waals surface area contributed by atoms with Gasteiger partial charge in [0.05, 0.1) is 5.37 Å². The molecular formula is C14H15F2NO3S. The predicted molar refractivity (Wildman–Crippen MR) is 75.0 cm³/mol. The van der Waals surface area contributed by atoms with Gasteiger partial charge in [0.1, 0.15) is 6.04 Å². The Balaban J connectivity index is 2.36. The van der Waals surface area contributed by atoms with E-state index in [2.05, 4.69) is 0 Å². The normalized spacial score (nSPS) is 21.9. The molecule has 1 aromatic carbocycles. The quantitative estimate of drug-likeness (QED) is 0.931. The zero-order valence-corrected chi connectivity index (χ0v) is 12.4. The van der Waals surface area contributed by atoms with Crippen LogP contribution in [-0.4, -0.2) is 39.1 Å². The highest BCUT2D eigenvalue weighted by atomic mass is 32.2. The van der Waals surface area contributed by atoms with Gasteiger partial charge in [0.15, 0.2) is 11.6 Å². The Morgan fingerprint density at radius 3 is 2.52 bits per heavy atom. The van der Waals surface area contributed by atoms with Crippen LogP contribution in [0.1, 0.15) is 24.2 Å². The van der Waals surface area contributed by atoms with Crippen molar-refractivity contribution < 1.29 is 23.5 Å². The number of carbonyl (C=O) groups is 2. The number of carbonyl (C=O) groups excluding carboxylic acids is 1. The summed E-state index contributed by atoms with van der Waals surface area (Å²) in [6, 6.07) is 1.88. The largest absolute Gasteiger partial charge is 0.480 e. The van der Waals surface area contributed by atoms with Gasteiger partial charge in [0, 0.05) is 11.3 Å². The molecule has 114 valence electrons. The van der Waals surface area contributed by atoms with Crippen LogP contribution in [0.15, 0.2) is 18.2 Å². The molecule has 0 saturated carbocycles. The molecule has 0 bridgehead atoms. The molecule has 0 spiro atoms. The number of benzene rings is 1. The van der Waals surface area contributed by atoms with Crippen molar-refractivity contribution in [1.29, 1.82) is 0 Å². The minimum absolute atomic E-state index is 0.0479.